The Hall–Kier alpha value is -3.30. The number of amides is 3. The molecule has 0 atom stereocenters. The summed E-state index contributed by atoms with van der Waals surface area (Å²) in [4.78, 5) is 50.0. The summed E-state index contributed by atoms with van der Waals surface area (Å²) in [5.74, 6) is 0.400. The van der Waals surface area contributed by atoms with Crippen LogP contribution in [0.3, 0.4) is 0 Å². The normalized spacial score (nSPS) is 19.8. The number of para-hydroxylation sites is 1. The van der Waals surface area contributed by atoms with Gasteiger partial charge >= 0.3 is 0 Å². The number of benzene rings is 2. The number of carbonyl (C=O) groups excluding carboxylic acids is 3. The highest BCUT2D eigenvalue weighted by Crippen LogP contribution is 2.39. The molecule has 2 aromatic carbocycles. The second-order valence-corrected chi connectivity index (χ2v) is 11.5. The predicted octanol–water partition coefficient (Wildman–Crippen LogP) is 2.94. The second kappa shape index (κ2) is 12.1. The third kappa shape index (κ3) is 5.90. The zero-order valence-corrected chi connectivity index (χ0v) is 24.1. The summed E-state index contributed by atoms with van der Waals surface area (Å²) < 4.78 is 5.66. The summed E-state index contributed by atoms with van der Waals surface area (Å²) in [6, 6.07) is 17.0. The maximum atomic E-state index is 14.0. The minimum atomic E-state index is -0.790. The minimum absolute atomic E-state index is 0.0278. The van der Waals surface area contributed by atoms with Crippen LogP contribution < -0.4 is 9.64 Å². The van der Waals surface area contributed by atoms with Gasteiger partial charge < -0.3 is 29.2 Å². The number of rotatable bonds is 7. The molecule has 3 saturated heterocycles. The van der Waals surface area contributed by atoms with Gasteiger partial charge in [-0.25, -0.2) is 0 Å². The summed E-state index contributed by atoms with van der Waals surface area (Å²) in [7, 11) is 3.96. The molecule has 3 aliphatic rings. The third-order valence-electron chi connectivity index (χ3n) is 8.66. The highest BCUT2D eigenvalue weighted by Gasteiger charge is 2.54. The number of ether oxygens (including phenoxy) is 1. The fraction of sp³-hybridized carbons (Fsp3) is 0.500. The van der Waals surface area contributed by atoms with Crippen molar-refractivity contribution in [2.75, 3.05) is 65.0 Å². The third-order valence-corrected chi connectivity index (χ3v) is 8.91. The van der Waals surface area contributed by atoms with Gasteiger partial charge in [0, 0.05) is 36.9 Å². The summed E-state index contributed by atoms with van der Waals surface area (Å²) >= 11 is 5.93. The van der Waals surface area contributed by atoms with Crippen LogP contribution in [0.1, 0.15) is 25.7 Å². The number of hydrogen-bond acceptors (Lipinski definition) is 6. The Morgan fingerprint density at radius 3 is 2.30 bits per heavy atom. The molecule has 5 rings (SSSR count). The van der Waals surface area contributed by atoms with Crippen LogP contribution in [-0.4, -0.2) is 109 Å². The van der Waals surface area contributed by atoms with E-state index in [-0.39, 0.29) is 36.9 Å². The van der Waals surface area contributed by atoms with Crippen molar-refractivity contribution >= 4 is 35.0 Å². The monoisotopic (exact) mass is 567 g/mol. The fourth-order valence-electron chi connectivity index (χ4n) is 6.08. The van der Waals surface area contributed by atoms with Crippen LogP contribution in [0.2, 0.25) is 5.02 Å². The smallest absolute Gasteiger partial charge is 0.260 e. The SMILES string of the molecule is CN1CCC(N(C)C(=O)CN2CN(c3ccccc3)C3(CCN(C(=O)COc4ccc(Cl)cc4)CC3)C2=O)CC1. The molecule has 0 aromatic heterocycles. The van der Waals surface area contributed by atoms with Gasteiger partial charge in [-0.05, 0) is 82.2 Å². The topological polar surface area (TPSA) is 76.6 Å². The van der Waals surface area contributed by atoms with Crippen molar-refractivity contribution in [3.8, 4) is 5.75 Å². The highest BCUT2D eigenvalue weighted by molar-refractivity contribution is 6.30. The Morgan fingerprint density at radius 1 is 1.00 bits per heavy atom. The Morgan fingerprint density at radius 2 is 1.65 bits per heavy atom. The lowest BCUT2D eigenvalue weighted by molar-refractivity contribution is -0.143. The van der Waals surface area contributed by atoms with Crippen molar-refractivity contribution < 1.29 is 19.1 Å². The number of halogens is 1. The van der Waals surface area contributed by atoms with Gasteiger partial charge in [-0.2, -0.15) is 0 Å². The number of nitrogens with zero attached hydrogens (tertiary/aromatic N) is 5. The molecule has 9 nitrogen and oxygen atoms in total. The molecule has 3 heterocycles. The van der Waals surface area contributed by atoms with Crippen LogP contribution >= 0.6 is 11.6 Å². The number of piperidine rings is 2. The van der Waals surface area contributed by atoms with E-state index in [2.05, 4.69) is 16.8 Å². The van der Waals surface area contributed by atoms with E-state index < -0.39 is 5.54 Å². The van der Waals surface area contributed by atoms with Gasteiger partial charge in [0.2, 0.25) is 5.91 Å². The first kappa shape index (κ1) is 28.2. The highest BCUT2D eigenvalue weighted by atomic mass is 35.5. The molecule has 3 fully saturated rings. The molecule has 1 spiro atoms. The number of hydrogen-bond donors (Lipinski definition) is 0. The molecular weight excluding hydrogens is 530 g/mol. The van der Waals surface area contributed by atoms with Crippen molar-refractivity contribution in [3.63, 3.8) is 0 Å². The predicted molar refractivity (Wildman–Crippen MR) is 154 cm³/mol. The van der Waals surface area contributed by atoms with Crippen LogP contribution in [0.4, 0.5) is 5.69 Å². The van der Waals surface area contributed by atoms with Crippen molar-refractivity contribution in [2.24, 2.45) is 0 Å². The van der Waals surface area contributed by atoms with Crippen molar-refractivity contribution in [1.29, 1.82) is 0 Å². The standard InChI is InChI=1S/C30H38ClN5O4/c1-32-16-12-24(13-17-32)33(2)27(37)20-35-22-36(25-6-4-3-5-7-25)30(29(35)39)14-18-34(19-15-30)28(38)21-40-26-10-8-23(31)9-11-26/h3-11,24H,12-22H2,1-2H3. The Balaban J connectivity index is 1.25. The van der Waals surface area contributed by atoms with Gasteiger partial charge in [0.1, 0.15) is 17.8 Å². The van der Waals surface area contributed by atoms with Gasteiger partial charge in [-0.3, -0.25) is 14.4 Å². The summed E-state index contributed by atoms with van der Waals surface area (Å²) in [6.45, 7) is 3.15. The lowest BCUT2D eigenvalue weighted by Gasteiger charge is -2.43. The lowest BCUT2D eigenvalue weighted by atomic mass is 9.85. The molecular formula is C30H38ClN5O4. The van der Waals surface area contributed by atoms with E-state index >= 15 is 0 Å². The van der Waals surface area contributed by atoms with E-state index in [1.807, 2.05) is 42.3 Å². The molecule has 0 unspecified atom stereocenters. The van der Waals surface area contributed by atoms with E-state index in [9.17, 15) is 14.4 Å². The van der Waals surface area contributed by atoms with Crippen LogP contribution in [0.25, 0.3) is 0 Å². The second-order valence-electron chi connectivity index (χ2n) is 11.1. The van der Waals surface area contributed by atoms with E-state index in [1.54, 1.807) is 34.1 Å². The number of likely N-dealkylation sites (tertiary alicyclic amines) is 2. The first-order valence-corrected chi connectivity index (χ1v) is 14.4. The Bertz CT molecular complexity index is 1190. The van der Waals surface area contributed by atoms with Gasteiger partial charge in [0.25, 0.3) is 11.8 Å². The first-order valence-electron chi connectivity index (χ1n) is 14.0. The lowest BCUT2D eigenvalue weighted by Crippen LogP contribution is -2.58. The molecule has 0 radical (unpaired) electrons. The average molecular weight is 568 g/mol. The molecule has 2 aromatic rings. The molecule has 0 aliphatic carbocycles. The fourth-order valence-corrected chi connectivity index (χ4v) is 6.20. The zero-order valence-electron chi connectivity index (χ0n) is 23.3. The molecule has 0 N–H and O–H groups in total. The minimum Gasteiger partial charge on any atom is -0.484 e. The summed E-state index contributed by atoms with van der Waals surface area (Å²) in [5.41, 5.74) is 0.155. The maximum absolute atomic E-state index is 14.0. The quantitative estimate of drug-likeness (QED) is 0.512. The largest absolute Gasteiger partial charge is 0.484 e. The molecule has 10 heteroatoms. The maximum Gasteiger partial charge on any atom is 0.260 e. The van der Waals surface area contributed by atoms with Gasteiger partial charge in [-0.15, -0.1) is 0 Å². The number of likely N-dealkylation sites (N-methyl/N-ethyl adjacent to an activating group) is 1. The van der Waals surface area contributed by atoms with E-state index in [1.165, 1.54) is 0 Å². The zero-order chi connectivity index (χ0) is 28.3. The average Bonchev–Trinajstić information content (AvgIpc) is 3.23. The van der Waals surface area contributed by atoms with Crippen molar-refractivity contribution in [3.05, 3.63) is 59.6 Å². The van der Waals surface area contributed by atoms with Crippen LogP contribution in [-0.2, 0) is 14.4 Å². The van der Waals surface area contributed by atoms with E-state index in [0.717, 1.165) is 31.6 Å². The molecule has 0 saturated carbocycles. The van der Waals surface area contributed by atoms with Crippen molar-refractivity contribution in [1.82, 2.24) is 19.6 Å². The van der Waals surface area contributed by atoms with Gasteiger partial charge in [0.15, 0.2) is 6.61 Å². The van der Waals surface area contributed by atoms with Gasteiger partial charge in [0.05, 0.1) is 6.67 Å². The molecule has 0 bridgehead atoms. The van der Waals surface area contributed by atoms with Crippen LogP contribution in [0.15, 0.2) is 54.6 Å². The summed E-state index contributed by atoms with van der Waals surface area (Å²) in [5, 5.41) is 0.605. The van der Waals surface area contributed by atoms with E-state index in [0.29, 0.717) is 43.4 Å². The summed E-state index contributed by atoms with van der Waals surface area (Å²) in [6.07, 6.45) is 2.86. The van der Waals surface area contributed by atoms with E-state index in [4.69, 9.17) is 16.3 Å². The Labute approximate surface area is 241 Å². The van der Waals surface area contributed by atoms with Crippen LogP contribution in [0, 0.1) is 0 Å². The molecule has 3 amide bonds. The Kier molecular flexibility index (Phi) is 8.51. The first-order chi connectivity index (χ1) is 19.3. The number of carbonyl (C=O) groups is 3. The van der Waals surface area contributed by atoms with Gasteiger partial charge in [-0.1, -0.05) is 29.8 Å². The molecule has 214 valence electrons. The molecule has 40 heavy (non-hydrogen) atoms. The number of anilines is 1. The molecule has 3 aliphatic heterocycles. The van der Waals surface area contributed by atoms with Crippen molar-refractivity contribution in [2.45, 2.75) is 37.3 Å². The van der Waals surface area contributed by atoms with Crippen LogP contribution in [0.5, 0.6) is 5.75 Å².